The summed E-state index contributed by atoms with van der Waals surface area (Å²) in [5.41, 5.74) is -0.394. The number of hydrogen-bond acceptors (Lipinski definition) is 3. The van der Waals surface area contributed by atoms with Gasteiger partial charge in [0.2, 0.25) is 0 Å². The SMILES string of the molecule is CCN1C(=O)C(=CC=Cc2c(F)cccc2F)C(=O)NC1=S. The predicted octanol–water partition coefficient (Wildman–Crippen LogP) is 2.17. The van der Waals surface area contributed by atoms with Gasteiger partial charge in [0.1, 0.15) is 17.2 Å². The number of likely N-dealkylation sites (N-methyl/N-ethyl adjacent to an activating group) is 1. The van der Waals surface area contributed by atoms with E-state index in [0.717, 1.165) is 18.2 Å². The van der Waals surface area contributed by atoms with Gasteiger partial charge in [-0.2, -0.15) is 0 Å². The number of thiocarbonyl (C=S) groups is 1. The summed E-state index contributed by atoms with van der Waals surface area (Å²) in [6.45, 7) is 2.02. The fourth-order valence-electron chi connectivity index (χ4n) is 1.91. The molecule has 7 heteroatoms. The quantitative estimate of drug-likeness (QED) is 0.527. The molecule has 0 unspecified atom stereocenters. The highest BCUT2D eigenvalue weighted by Crippen LogP contribution is 2.15. The Morgan fingerprint density at radius 2 is 1.91 bits per heavy atom. The van der Waals surface area contributed by atoms with Crippen LogP contribution >= 0.6 is 12.2 Å². The number of rotatable bonds is 3. The molecule has 1 aromatic rings. The molecule has 4 nitrogen and oxygen atoms in total. The van der Waals surface area contributed by atoms with Crippen molar-refractivity contribution in [2.75, 3.05) is 6.54 Å². The molecule has 1 heterocycles. The molecule has 0 spiro atoms. The topological polar surface area (TPSA) is 49.4 Å². The molecule has 1 aromatic carbocycles. The van der Waals surface area contributed by atoms with Gasteiger partial charge in [-0.1, -0.05) is 12.1 Å². The summed E-state index contributed by atoms with van der Waals surface area (Å²) in [5.74, 6) is -2.65. The van der Waals surface area contributed by atoms with Crippen LogP contribution in [-0.4, -0.2) is 28.4 Å². The van der Waals surface area contributed by atoms with Crippen molar-refractivity contribution in [2.24, 2.45) is 0 Å². The Kier molecular flexibility index (Phi) is 4.77. The van der Waals surface area contributed by atoms with Gasteiger partial charge >= 0.3 is 0 Å². The third-order valence-electron chi connectivity index (χ3n) is 3.03. The molecule has 0 saturated carbocycles. The van der Waals surface area contributed by atoms with Gasteiger partial charge in [-0.25, -0.2) is 8.78 Å². The summed E-state index contributed by atoms with van der Waals surface area (Å²) in [6, 6.07) is 3.48. The van der Waals surface area contributed by atoms with Gasteiger partial charge in [0, 0.05) is 12.1 Å². The van der Waals surface area contributed by atoms with Crippen LogP contribution in [0.2, 0.25) is 0 Å². The van der Waals surface area contributed by atoms with E-state index in [-0.39, 0.29) is 16.2 Å². The highest BCUT2D eigenvalue weighted by atomic mass is 32.1. The lowest BCUT2D eigenvalue weighted by molar-refractivity contribution is -0.128. The first kappa shape index (κ1) is 16.0. The zero-order valence-electron chi connectivity index (χ0n) is 11.6. The molecule has 1 aliphatic heterocycles. The molecule has 0 radical (unpaired) electrons. The number of nitrogens with zero attached hydrogens (tertiary/aromatic N) is 1. The molecule has 1 N–H and O–H groups in total. The van der Waals surface area contributed by atoms with E-state index in [9.17, 15) is 18.4 Å². The van der Waals surface area contributed by atoms with Crippen molar-refractivity contribution in [3.8, 4) is 0 Å². The van der Waals surface area contributed by atoms with E-state index < -0.39 is 23.4 Å². The van der Waals surface area contributed by atoms with Crippen LogP contribution in [0.25, 0.3) is 6.08 Å². The highest BCUT2D eigenvalue weighted by molar-refractivity contribution is 7.80. The maximum absolute atomic E-state index is 13.5. The van der Waals surface area contributed by atoms with E-state index in [1.54, 1.807) is 6.92 Å². The molecule has 0 bridgehead atoms. The van der Waals surface area contributed by atoms with Gasteiger partial charge in [-0.15, -0.1) is 0 Å². The van der Waals surface area contributed by atoms with Crippen LogP contribution in [0.15, 0.2) is 35.9 Å². The Balaban J connectivity index is 2.29. The summed E-state index contributed by atoms with van der Waals surface area (Å²) in [5, 5.41) is 2.42. The first-order valence-electron chi connectivity index (χ1n) is 6.45. The number of benzene rings is 1. The normalized spacial score (nSPS) is 17.5. The molecule has 1 saturated heterocycles. The van der Waals surface area contributed by atoms with E-state index in [0.29, 0.717) is 6.54 Å². The van der Waals surface area contributed by atoms with E-state index in [2.05, 4.69) is 5.32 Å². The molecular weight excluding hydrogens is 310 g/mol. The molecule has 114 valence electrons. The van der Waals surface area contributed by atoms with Crippen LogP contribution in [0.1, 0.15) is 12.5 Å². The number of hydrogen-bond donors (Lipinski definition) is 1. The highest BCUT2D eigenvalue weighted by Gasteiger charge is 2.31. The number of allylic oxidation sites excluding steroid dienone is 2. The van der Waals surface area contributed by atoms with Crippen molar-refractivity contribution in [1.82, 2.24) is 10.2 Å². The van der Waals surface area contributed by atoms with Gasteiger partial charge in [0.05, 0.1) is 0 Å². The minimum atomic E-state index is -0.731. The molecule has 1 aliphatic rings. The van der Waals surface area contributed by atoms with Crippen LogP contribution in [0.4, 0.5) is 8.78 Å². The van der Waals surface area contributed by atoms with Crippen LogP contribution in [0, 0.1) is 11.6 Å². The maximum Gasteiger partial charge on any atom is 0.265 e. The number of amides is 2. The fourth-order valence-corrected chi connectivity index (χ4v) is 2.22. The third kappa shape index (κ3) is 3.09. The second-order valence-electron chi connectivity index (χ2n) is 4.38. The minimum absolute atomic E-state index is 0.0405. The van der Waals surface area contributed by atoms with Crippen LogP contribution in [-0.2, 0) is 9.59 Å². The second kappa shape index (κ2) is 6.57. The zero-order chi connectivity index (χ0) is 16.3. The van der Waals surface area contributed by atoms with Crippen molar-refractivity contribution in [3.05, 3.63) is 53.1 Å². The summed E-state index contributed by atoms with van der Waals surface area (Å²) >= 11 is 4.89. The first-order valence-corrected chi connectivity index (χ1v) is 6.86. The molecule has 1 fully saturated rings. The first-order chi connectivity index (χ1) is 10.5. The van der Waals surface area contributed by atoms with Crippen molar-refractivity contribution < 1.29 is 18.4 Å². The smallest absolute Gasteiger partial charge is 0.265 e. The predicted molar refractivity (Wildman–Crippen MR) is 81.6 cm³/mol. The van der Waals surface area contributed by atoms with Crippen molar-refractivity contribution in [1.29, 1.82) is 0 Å². The van der Waals surface area contributed by atoms with Gasteiger partial charge in [0.15, 0.2) is 5.11 Å². The molecule has 0 atom stereocenters. The van der Waals surface area contributed by atoms with Gasteiger partial charge in [-0.05, 0) is 43.4 Å². The second-order valence-corrected chi connectivity index (χ2v) is 4.77. The molecule has 0 aromatic heterocycles. The molecule has 2 rings (SSSR count). The van der Waals surface area contributed by atoms with E-state index in [4.69, 9.17) is 12.2 Å². The molecule has 22 heavy (non-hydrogen) atoms. The number of halogens is 2. The largest absolute Gasteiger partial charge is 0.298 e. The Morgan fingerprint density at radius 3 is 2.50 bits per heavy atom. The van der Waals surface area contributed by atoms with Crippen molar-refractivity contribution in [2.45, 2.75) is 6.92 Å². The average Bonchev–Trinajstić information content (AvgIpc) is 2.45. The monoisotopic (exact) mass is 322 g/mol. The average molecular weight is 322 g/mol. The number of carbonyl (C=O) groups excluding carboxylic acids is 2. The Bertz CT molecular complexity index is 693. The van der Waals surface area contributed by atoms with Crippen LogP contribution < -0.4 is 5.32 Å². The zero-order valence-corrected chi connectivity index (χ0v) is 12.4. The summed E-state index contributed by atoms with van der Waals surface area (Å²) in [6.07, 6.45) is 3.60. The number of carbonyl (C=O) groups is 2. The van der Waals surface area contributed by atoms with E-state index in [1.807, 2.05) is 0 Å². The molecule has 2 amide bonds. The van der Waals surface area contributed by atoms with Crippen LogP contribution in [0.3, 0.4) is 0 Å². The fraction of sp³-hybridized carbons (Fsp3) is 0.133. The Labute approximate surface area is 131 Å². The summed E-state index contributed by atoms with van der Waals surface area (Å²) in [4.78, 5) is 25.1. The molecule has 0 aliphatic carbocycles. The van der Waals surface area contributed by atoms with Crippen molar-refractivity contribution in [3.63, 3.8) is 0 Å². The summed E-state index contributed by atoms with van der Waals surface area (Å²) in [7, 11) is 0. The Hall–Kier alpha value is -2.41. The maximum atomic E-state index is 13.5. The summed E-state index contributed by atoms with van der Waals surface area (Å²) < 4.78 is 26.9. The van der Waals surface area contributed by atoms with Gasteiger partial charge < -0.3 is 0 Å². The van der Waals surface area contributed by atoms with Crippen molar-refractivity contribution >= 4 is 35.2 Å². The lowest BCUT2D eigenvalue weighted by Crippen LogP contribution is -2.53. The lowest BCUT2D eigenvalue weighted by Gasteiger charge is -2.27. The standard InChI is InChI=1S/C15H12F2N2O2S/c1-2-19-14(21)10(13(20)18-15(19)22)6-3-5-9-11(16)7-4-8-12(9)17/h3-8H,2H2,1H3,(H,18,20,22). The number of nitrogens with one attached hydrogen (secondary N) is 1. The van der Waals surface area contributed by atoms with Gasteiger partial charge in [0.25, 0.3) is 11.8 Å². The van der Waals surface area contributed by atoms with Crippen LogP contribution in [0.5, 0.6) is 0 Å². The molecular formula is C15H12F2N2O2S. The lowest BCUT2D eigenvalue weighted by atomic mass is 10.1. The van der Waals surface area contributed by atoms with E-state index in [1.165, 1.54) is 23.1 Å². The third-order valence-corrected chi connectivity index (χ3v) is 3.35. The Morgan fingerprint density at radius 1 is 1.27 bits per heavy atom. The van der Waals surface area contributed by atoms with Gasteiger partial charge in [-0.3, -0.25) is 19.8 Å². The van der Waals surface area contributed by atoms with E-state index >= 15 is 0 Å². The minimum Gasteiger partial charge on any atom is -0.298 e.